The second-order valence-electron chi connectivity index (χ2n) is 7.05. The SMILES string of the molecule is CCCCCCOC(=O)Cn1c(C)nc2sc(C)c(-c3ccc(F)cc3)c2c1=O. The number of carbonyl (C=O) groups is 1. The van der Waals surface area contributed by atoms with Crippen LogP contribution in [0.25, 0.3) is 21.3 Å². The highest BCUT2D eigenvalue weighted by atomic mass is 32.1. The number of hydrogen-bond donors (Lipinski definition) is 0. The molecule has 0 bridgehead atoms. The van der Waals surface area contributed by atoms with Crippen molar-refractivity contribution in [3.05, 3.63) is 51.1 Å². The van der Waals surface area contributed by atoms with E-state index in [1.54, 1.807) is 19.1 Å². The Hall–Kier alpha value is -2.54. The van der Waals surface area contributed by atoms with Crippen LogP contribution >= 0.6 is 11.3 Å². The molecule has 0 aliphatic heterocycles. The summed E-state index contributed by atoms with van der Waals surface area (Å²) >= 11 is 1.42. The number of unbranched alkanes of at least 4 members (excludes halogenated alkanes) is 3. The summed E-state index contributed by atoms with van der Waals surface area (Å²) in [5.74, 6) is -0.306. The number of halogens is 1. The number of fused-ring (bicyclic) bond motifs is 1. The number of esters is 1. The molecule has 1 aromatic carbocycles. The zero-order chi connectivity index (χ0) is 21.0. The van der Waals surface area contributed by atoms with Crippen LogP contribution in [0.15, 0.2) is 29.1 Å². The molecule has 0 aliphatic carbocycles. The van der Waals surface area contributed by atoms with E-state index in [0.29, 0.717) is 22.6 Å². The van der Waals surface area contributed by atoms with Crippen LogP contribution in [0.4, 0.5) is 4.39 Å². The number of aryl methyl sites for hydroxylation is 2. The van der Waals surface area contributed by atoms with Gasteiger partial charge >= 0.3 is 5.97 Å². The van der Waals surface area contributed by atoms with Gasteiger partial charge in [0.25, 0.3) is 5.56 Å². The van der Waals surface area contributed by atoms with Crippen LogP contribution in [0.5, 0.6) is 0 Å². The number of thiophene rings is 1. The number of nitrogens with zero attached hydrogens (tertiary/aromatic N) is 2. The van der Waals surface area contributed by atoms with Crippen LogP contribution in [-0.4, -0.2) is 22.1 Å². The van der Waals surface area contributed by atoms with Gasteiger partial charge in [-0.2, -0.15) is 0 Å². The minimum atomic E-state index is -0.442. The highest BCUT2D eigenvalue weighted by Gasteiger charge is 2.20. The lowest BCUT2D eigenvalue weighted by molar-refractivity contribution is -0.144. The molecule has 2 heterocycles. The molecule has 0 unspecified atom stereocenters. The smallest absolute Gasteiger partial charge is 0.326 e. The van der Waals surface area contributed by atoms with E-state index in [-0.39, 0.29) is 17.9 Å². The third kappa shape index (κ3) is 4.72. The Kier molecular flexibility index (Phi) is 6.79. The van der Waals surface area contributed by atoms with E-state index in [1.807, 2.05) is 6.92 Å². The van der Waals surface area contributed by atoms with Gasteiger partial charge in [0.1, 0.15) is 23.0 Å². The first-order valence-corrected chi connectivity index (χ1v) is 10.7. The van der Waals surface area contributed by atoms with Gasteiger partial charge in [-0.25, -0.2) is 9.37 Å². The molecule has 0 saturated heterocycles. The molecule has 0 fully saturated rings. The molecular formula is C22H25FN2O3S. The van der Waals surface area contributed by atoms with Crippen molar-refractivity contribution in [1.82, 2.24) is 9.55 Å². The molecule has 7 heteroatoms. The molecular weight excluding hydrogens is 391 g/mol. The van der Waals surface area contributed by atoms with E-state index in [2.05, 4.69) is 11.9 Å². The highest BCUT2D eigenvalue weighted by Crippen LogP contribution is 2.35. The van der Waals surface area contributed by atoms with Crippen LogP contribution in [0.1, 0.15) is 43.3 Å². The first kappa shape index (κ1) is 21.2. The summed E-state index contributed by atoms with van der Waals surface area (Å²) < 4.78 is 20.0. The molecule has 0 saturated carbocycles. The zero-order valence-corrected chi connectivity index (χ0v) is 17.8. The number of benzene rings is 1. The topological polar surface area (TPSA) is 61.2 Å². The van der Waals surface area contributed by atoms with Crippen LogP contribution < -0.4 is 5.56 Å². The van der Waals surface area contributed by atoms with Gasteiger partial charge in [0.15, 0.2) is 0 Å². The first-order valence-electron chi connectivity index (χ1n) is 9.84. The van der Waals surface area contributed by atoms with Gasteiger partial charge in [-0.15, -0.1) is 11.3 Å². The summed E-state index contributed by atoms with van der Waals surface area (Å²) in [6, 6.07) is 6.04. The summed E-state index contributed by atoms with van der Waals surface area (Å²) in [4.78, 5) is 31.5. The molecule has 0 radical (unpaired) electrons. The predicted molar refractivity (Wildman–Crippen MR) is 114 cm³/mol. The quantitative estimate of drug-likeness (QED) is 0.383. The molecule has 29 heavy (non-hydrogen) atoms. The predicted octanol–water partition coefficient (Wildman–Crippen LogP) is 5.00. The van der Waals surface area contributed by atoms with E-state index < -0.39 is 5.97 Å². The Morgan fingerprint density at radius 3 is 2.59 bits per heavy atom. The van der Waals surface area contributed by atoms with Gasteiger partial charge in [-0.05, 0) is 38.0 Å². The van der Waals surface area contributed by atoms with Crippen molar-refractivity contribution in [2.24, 2.45) is 0 Å². The fourth-order valence-corrected chi connectivity index (χ4v) is 4.42. The third-order valence-corrected chi connectivity index (χ3v) is 5.86. The maximum absolute atomic E-state index is 13.3. The van der Waals surface area contributed by atoms with E-state index in [1.165, 1.54) is 28.0 Å². The molecule has 154 valence electrons. The lowest BCUT2D eigenvalue weighted by Gasteiger charge is -2.10. The average molecular weight is 417 g/mol. The van der Waals surface area contributed by atoms with Gasteiger partial charge in [0, 0.05) is 10.4 Å². The second-order valence-corrected chi connectivity index (χ2v) is 8.25. The summed E-state index contributed by atoms with van der Waals surface area (Å²) in [5, 5.41) is 0.459. The van der Waals surface area contributed by atoms with Gasteiger partial charge in [-0.1, -0.05) is 38.3 Å². The third-order valence-electron chi connectivity index (χ3n) is 4.86. The van der Waals surface area contributed by atoms with Crippen molar-refractivity contribution in [3.8, 4) is 11.1 Å². The highest BCUT2D eigenvalue weighted by molar-refractivity contribution is 7.19. The first-order chi connectivity index (χ1) is 13.9. The standard InChI is InChI=1S/C22H25FN2O3S/c1-4-5-6-7-12-28-18(26)13-25-15(3)24-21-20(22(25)27)19(14(2)29-21)16-8-10-17(23)11-9-16/h8-11H,4-7,12-13H2,1-3H3. The van der Waals surface area contributed by atoms with Gasteiger partial charge in [-0.3, -0.25) is 14.2 Å². The summed E-state index contributed by atoms with van der Waals surface area (Å²) in [6.45, 7) is 5.94. The number of rotatable bonds is 8. The van der Waals surface area contributed by atoms with E-state index >= 15 is 0 Å². The van der Waals surface area contributed by atoms with Crippen LogP contribution in [-0.2, 0) is 16.1 Å². The Morgan fingerprint density at radius 1 is 1.17 bits per heavy atom. The van der Waals surface area contributed by atoms with Crippen molar-refractivity contribution >= 4 is 27.5 Å². The zero-order valence-electron chi connectivity index (χ0n) is 17.0. The van der Waals surface area contributed by atoms with E-state index in [4.69, 9.17) is 4.74 Å². The molecule has 0 N–H and O–H groups in total. The van der Waals surface area contributed by atoms with Gasteiger partial charge < -0.3 is 4.74 Å². The second kappa shape index (κ2) is 9.31. The molecule has 0 amide bonds. The van der Waals surface area contributed by atoms with Gasteiger partial charge in [0.05, 0.1) is 12.0 Å². The van der Waals surface area contributed by atoms with E-state index in [9.17, 15) is 14.0 Å². The molecule has 5 nitrogen and oxygen atoms in total. The fourth-order valence-electron chi connectivity index (χ4n) is 3.34. The fraction of sp³-hybridized carbons (Fsp3) is 0.409. The Morgan fingerprint density at radius 2 is 1.90 bits per heavy atom. The Balaban J connectivity index is 1.91. The normalized spacial score (nSPS) is 11.2. The van der Waals surface area contributed by atoms with E-state index in [0.717, 1.165) is 41.7 Å². The van der Waals surface area contributed by atoms with Crippen molar-refractivity contribution in [2.75, 3.05) is 6.61 Å². The molecule has 2 aromatic heterocycles. The average Bonchev–Trinajstić information content (AvgIpc) is 3.01. The molecule has 0 aliphatic rings. The summed E-state index contributed by atoms with van der Waals surface area (Å²) in [5.41, 5.74) is 1.21. The maximum atomic E-state index is 13.3. The Labute approximate surface area is 173 Å². The van der Waals surface area contributed by atoms with Crippen molar-refractivity contribution in [1.29, 1.82) is 0 Å². The minimum absolute atomic E-state index is 0.168. The monoisotopic (exact) mass is 416 g/mol. The Bertz CT molecular complexity index is 1070. The van der Waals surface area contributed by atoms with Crippen molar-refractivity contribution in [2.45, 2.75) is 53.0 Å². The molecule has 0 spiro atoms. The summed E-state index contributed by atoms with van der Waals surface area (Å²) in [7, 11) is 0. The van der Waals surface area contributed by atoms with Gasteiger partial charge in [0.2, 0.25) is 0 Å². The largest absolute Gasteiger partial charge is 0.464 e. The number of carbonyl (C=O) groups excluding carboxylic acids is 1. The maximum Gasteiger partial charge on any atom is 0.326 e. The molecule has 3 rings (SSSR count). The van der Waals surface area contributed by atoms with Crippen molar-refractivity contribution in [3.63, 3.8) is 0 Å². The van der Waals surface area contributed by atoms with Crippen molar-refractivity contribution < 1.29 is 13.9 Å². The van der Waals surface area contributed by atoms with Crippen LogP contribution in [0.2, 0.25) is 0 Å². The molecule has 0 atom stereocenters. The number of hydrogen-bond acceptors (Lipinski definition) is 5. The number of aromatic nitrogens is 2. The lowest BCUT2D eigenvalue weighted by atomic mass is 10.0. The lowest BCUT2D eigenvalue weighted by Crippen LogP contribution is -2.28. The van der Waals surface area contributed by atoms with Crippen LogP contribution in [0, 0.1) is 19.7 Å². The minimum Gasteiger partial charge on any atom is -0.464 e. The summed E-state index contributed by atoms with van der Waals surface area (Å²) in [6.07, 6.45) is 4.07. The number of ether oxygens (including phenoxy) is 1. The molecule has 3 aromatic rings. The van der Waals surface area contributed by atoms with Crippen LogP contribution in [0.3, 0.4) is 0 Å².